The van der Waals surface area contributed by atoms with Crippen LogP contribution in [-0.2, 0) is 15.5 Å². The highest BCUT2D eigenvalue weighted by Crippen LogP contribution is 2.60. The van der Waals surface area contributed by atoms with E-state index in [1.807, 2.05) is 11.8 Å². The maximum Gasteiger partial charge on any atom is 0.0681 e. The van der Waals surface area contributed by atoms with Crippen LogP contribution in [0.2, 0.25) is 0 Å². The molecular formula is C26H32BrNS. The molecule has 29 heavy (non-hydrogen) atoms. The summed E-state index contributed by atoms with van der Waals surface area (Å²) in [5.41, 5.74) is 9.08. The number of halogens is 1. The number of benzene rings is 2. The quantitative estimate of drug-likeness (QED) is 0.421. The van der Waals surface area contributed by atoms with Crippen LogP contribution in [0.3, 0.4) is 0 Å². The van der Waals surface area contributed by atoms with Crippen molar-refractivity contribution in [2.45, 2.75) is 60.9 Å². The first-order chi connectivity index (χ1) is 13.7. The van der Waals surface area contributed by atoms with E-state index in [-0.39, 0.29) is 10.2 Å². The highest BCUT2D eigenvalue weighted by atomic mass is 79.9. The summed E-state index contributed by atoms with van der Waals surface area (Å²) < 4.78 is -0.0189. The second-order valence-electron chi connectivity index (χ2n) is 9.71. The van der Waals surface area contributed by atoms with Gasteiger partial charge in [-0.15, -0.1) is 11.8 Å². The molecule has 0 N–H and O–H groups in total. The topological polar surface area (TPSA) is 3.24 Å². The van der Waals surface area contributed by atoms with Crippen molar-refractivity contribution < 1.29 is 0 Å². The molecule has 154 valence electrons. The Morgan fingerprint density at radius 1 is 1.03 bits per heavy atom. The predicted molar refractivity (Wildman–Crippen MR) is 131 cm³/mol. The number of thioether (sulfide) groups is 1. The van der Waals surface area contributed by atoms with Crippen LogP contribution in [0.5, 0.6) is 0 Å². The molecule has 0 aliphatic carbocycles. The fourth-order valence-electron chi connectivity index (χ4n) is 4.59. The summed E-state index contributed by atoms with van der Waals surface area (Å²) in [5, 5.41) is 0.909. The number of fused-ring (bicyclic) bond motifs is 1. The van der Waals surface area contributed by atoms with Gasteiger partial charge >= 0.3 is 0 Å². The van der Waals surface area contributed by atoms with Gasteiger partial charge in [-0.2, -0.15) is 0 Å². The zero-order valence-electron chi connectivity index (χ0n) is 18.3. The maximum atomic E-state index is 3.59. The van der Waals surface area contributed by atoms with Crippen LogP contribution in [-0.4, -0.2) is 25.0 Å². The lowest BCUT2D eigenvalue weighted by Crippen LogP contribution is -2.28. The predicted octanol–water partition coefficient (Wildman–Crippen LogP) is 7.38. The second kappa shape index (κ2) is 7.90. The molecule has 2 heterocycles. The molecule has 2 aliphatic rings. The number of nitrogens with zero attached hydrogens (tertiary/aromatic N) is 1. The summed E-state index contributed by atoms with van der Waals surface area (Å²) in [6.07, 6.45) is 2.36. The lowest BCUT2D eigenvalue weighted by molar-refractivity contribution is 0.312. The van der Waals surface area contributed by atoms with E-state index >= 15 is 0 Å². The summed E-state index contributed by atoms with van der Waals surface area (Å²) in [4.78, 5) is 3.90. The van der Waals surface area contributed by atoms with E-state index in [0.717, 1.165) is 18.4 Å². The molecule has 0 bridgehead atoms. The molecule has 4 rings (SSSR count). The van der Waals surface area contributed by atoms with Crippen LogP contribution in [0.4, 0.5) is 0 Å². The van der Waals surface area contributed by atoms with Gasteiger partial charge in [0.2, 0.25) is 0 Å². The van der Waals surface area contributed by atoms with Crippen LogP contribution in [0.25, 0.3) is 5.57 Å². The Hall–Kier alpha value is -1.03. The van der Waals surface area contributed by atoms with Crippen molar-refractivity contribution in [1.29, 1.82) is 0 Å². The van der Waals surface area contributed by atoms with Crippen LogP contribution in [0, 0.1) is 0 Å². The van der Waals surface area contributed by atoms with E-state index in [2.05, 4.69) is 98.0 Å². The molecule has 0 amide bonds. The van der Waals surface area contributed by atoms with Gasteiger partial charge in [-0.1, -0.05) is 72.6 Å². The van der Waals surface area contributed by atoms with Crippen LogP contribution in [0.1, 0.15) is 62.8 Å². The summed E-state index contributed by atoms with van der Waals surface area (Å²) in [5.74, 6) is 0. The van der Waals surface area contributed by atoms with E-state index in [1.165, 1.54) is 40.0 Å². The average molecular weight is 471 g/mol. The number of piperidine rings is 1. The van der Waals surface area contributed by atoms with Crippen LogP contribution >= 0.6 is 27.7 Å². The highest BCUT2D eigenvalue weighted by molar-refractivity contribution is 9.08. The molecule has 2 aromatic rings. The van der Waals surface area contributed by atoms with Gasteiger partial charge in [0.05, 0.1) is 4.75 Å². The van der Waals surface area contributed by atoms with Gasteiger partial charge in [-0.25, -0.2) is 0 Å². The van der Waals surface area contributed by atoms with E-state index in [9.17, 15) is 0 Å². The van der Waals surface area contributed by atoms with Crippen LogP contribution in [0.15, 0.2) is 52.9 Å². The summed E-state index contributed by atoms with van der Waals surface area (Å²) in [6.45, 7) is 11.7. The van der Waals surface area contributed by atoms with Gasteiger partial charge < -0.3 is 4.90 Å². The molecule has 0 aromatic heterocycles. The molecular weight excluding hydrogens is 438 g/mol. The molecule has 2 aliphatic heterocycles. The van der Waals surface area contributed by atoms with Crippen molar-refractivity contribution in [3.8, 4) is 0 Å². The van der Waals surface area contributed by atoms with Gasteiger partial charge in [0.15, 0.2) is 0 Å². The molecule has 0 spiro atoms. The fourth-order valence-corrected chi connectivity index (χ4v) is 6.42. The standard InChI is InChI=1S/C26H32BrNS/c1-25(2,3)21-10-11-23-22(16-21)24(19-12-14-28(5)15-13-19)26(4,29-23)20-8-6-18(17-27)7-9-20/h6-11,16H,12-15,17H2,1-5H3. The minimum Gasteiger partial charge on any atom is -0.306 e. The van der Waals surface area contributed by atoms with Gasteiger partial charge in [0.25, 0.3) is 0 Å². The van der Waals surface area contributed by atoms with E-state index < -0.39 is 0 Å². The first-order valence-corrected chi connectivity index (χ1v) is 12.6. The normalized spacial score (nSPS) is 22.8. The largest absolute Gasteiger partial charge is 0.306 e. The first kappa shape index (κ1) is 21.2. The highest BCUT2D eigenvalue weighted by Gasteiger charge is 2.42. The minimum absolute atomic E-state index is 0.0189. The Labute approximate surface area is 189 Å². The second-order valence-corrected chi connectivity index (χ2v) is 11.7. The number of alkyl halides is 1. The molecule has 2 aromatic carbocycles. The maximum absolute atomic E-state index is 3.59. The van der Waals surface area contributed by atoms with Crippen molar-refractivity contribution in [3.05, 3.63) is 70.3 Å². The Bertz CT molecular complexity index is 928. The van der Waals surface area contributed by atoms with E-state index in [4.69, 9.17) is 0 Å². The zero-order chi connectivity index (χ0) is 20.8. The average Bonchev–Trinajstić information content (AvgIpc) is 3.00. The fraction of sp³-hybridized carbons (Fsp3) is 0.462. The van der Waals surface area contributed by atoms with Crippen molar-refractivity contribution in [2.24, 2.45) is 0 Å². The third-order valence-corrected chi connectivity index (χ3v) is 8.58. The zero-order valence-corrected chi connectivity index (χ0v) is 20.7. The third-order valence-electron chi connectivity index (χ3n) is 6.51. The monoisotopic (exact) mass is 469 g/mol. The minimum atomic E-state index is -0.0189. The summed E-state index contributed by atoms with van der Waals surface area (Å²) in [7, 11) is 2.24. The Morgan fingerprint density at radius 2 is 1.69 bits per heavy atom. The molecule has 1 unspecified atom stereocenters. The lowest BCUT2D eigenvalue weighted by Gasteiger charge is -2.32. The summed E-state index contributed by atoms with van der Waals surface area (Å²) >= 11 is 5.63. The molecule has 0 saturated carbocycles. The van der Waals surface area contributed by atoms with Gasteiger partial charge in [-0.3, -0.25) is 0 Å². The Morgan fingerprint density at radius 3 is 2.28 bits per heavy atom. The van der Waals surface area contributed by atoms with E-state index in [0.29, 0.717) is 0 Å². The van der Waals surface area contributed by atoms with Crippen molar-refractivity contribution in [3.63, 3.8) is 0 Å². The van der Waals surface area contributed by atoms with Gasteiger partial charge in [0.1, 0.15) is 0 Å². The third kappa shape index (κ3) is 3.98. The lowest BCUT2D eigenvalue weighted by atomic mass is 9.79. The van der Waals surface area contributed by atoms with Crippen molar-refractivity contribution in [1.82, 2.24) is 4.90 Å². The van der Waals surface area contributed by atoms with Gasteiger partial charge in [-0.05, 0) is 72.2 Å². The SMILES string of the molecule is CN1CCC(=C2c3cc(C(C)(C)C)ccc3SC2(C)c2ccc(CBr)cc2)CC1. The molecule has 1 atom stereocenters. The van der Waals surface area contributed by atoms with Crippen LogP contribution < -0.4 is 0 Å². The molecule has 1 fully saturated rings. The first-order valence-electron chi connectivity index (χ1n) is 10.6. The van der Waals surface area contributed by atoms with Crippen molar-refractivity contribution in [2.75, 3.05) is 20.1 Å². The summed E-state index contributed by atoms with van der Waals surface area (Å²) in [6, 6.07) is 16.4. The smallest absolute Gasteiger partial charge is 0.0681 e. The molecule has 3 heteroatoms. The van der Waals surface area contributed by atoms with Crippen molar-refractivity contribution >= 4 is 33.3 Å². The number of likely N-dealkylation sites (tertiary alicyclic amines) is 1. The Balaban J connectivity index is 1.88. The van der Waals surface area contributed by atoms with E-state index in [1.54, 1.807) is 11.1 Å². The number of hydrogen-bond donors (Lipinski definition) is 0. The molecule has 1 nitrogen and oxygen atoms in total. The number of hydrogen-bond acceptors (Lipinski definition) is 2. The Kier molecular flexibility index (Phi) is 5.78. The number of rotatable bonds is 2. The molecule has 1 saturated heterocycles. The van der Waals surface area contributed by atoms with Gasteiger partial charge in [0, 0.05) is 23.3 Å². The molecule has 0 radical (unpaired) electrons.